The van der Waals surface area contributed by atoms with Crippen molar-refractivity contribution in [2.45, 2.75) is 25.8 Å². The molecule has 0 aliphatic carbocycles. The van der Waals surface area contributed by atoms with Crippen LogP contribution in [0, 0.1) is 0 Å². The number of ether oxygens (including phenoxy) is 1. The zero-order valence-corrected chi connectivity index (χ0v) is 19.5. The van der Waals surface area contributed by atoms with Crippen molar-refractivity contribution < 1.29 is 9.53 Å². The quantitative estimate of drug-likeness (QED) is 0.433. The summed E-state index contributed by atoms with van der Waals surface area (Å²) in [4.78, 5) is 22.0. The lowest BCUT2D eigenvalue weighted by atomic mass is 9.95. The number of anilines is 1. The van der Waals surface area contributed by atoms with Gasteiger partial charge in [0.2, 0.25) is 0 Å². The van der Waals surface area contributed by atoms with Gasteiger partial charge in [0.05, 0.1) is 37.5 Å². The molecule has 4 aromatic rings. The molecule has 34 heavy (non-hydrogen) atoms. The maximum absolute atomic E-state index is 12.1. The molecule has 4 heterocycles. The summed E-state index contributed by atoms with van der Waals surface area (Å²) in [5.74, 6) is 0.0720. The Morgan fingerprint density at radius 3 is 2.50 bits per heavy atom. The highest BCUT2D eigenvalue weighted by molar-refractivity contribution is 6.11. The van der Waals surface area contributed by atoms with Crippen LogP contribution in [-0.4, -0.2) is 70.7 Å². The van der Waals surface area contributed by atoms with Gasteiger partial charge in [-0.3, -0.25) is 9.69 Å². The van der Waals surface area contributed by atoms with Crippen molar-refractivity contribution in [3.05, 3.63) is 60.6 Å². The summed E-state index contributed by atoms with van der Waals surface area (Å²) in [6.45, 7) is 7.49. The number of piperidine rings is 1. The molecule has 2 fully saturated rings. The Morgan fingerprint density at radius 2 is 1.71 bits per heavy atom. The Morgan fingerprint density at radius 1 is 0.941 bits per heavy atom. The van der Waals surface area contributed by atoms with Crippen molar-refractivity contribution >= 4 is 27.9 Å². The summed E-state index contributed by atoms with van der Waals surface area (Å²) in [6, 6.07) is 12.6. The molecule has 0 amide bonds. The Hall–Kier alpha value is -3.29. The average molecular weight is 456 g/mol. The van der Waals surface area contributed by atoms with E-state index in [1.165, 1.54) is 0 Å². The van der Waals surface area contributed by atoms with Crippen LogP contribution in [0.4, 0.5) is 5.69 Å². The lowest BCUT2D eigenvalue weighted by Gasteiger charge is -2.40. The Kier molecular flexibility index (Phi) is 5.51. The largest absolute Gasteiger partial charge is 0.379 e. The second-order valence-electron chi connectivity index (χ2n) is 9.27. The van der Waals surface area contributed by atoms with E-state index in [2.05, 4.69) is 33.2 Å². The van der Waals surface area contributed by atoms with Crippen molar-refractivity contribution in [3.8, 4) is 11.1 Å². The summed E-state index contributed by atoms with van der Waals surface area (Å²) in [7, 11) is 0. The number of fused-ring (bicyclic) bond motifs is 2. The number of hydrogen-bond acceptors (Lipinski definition) is 6. The van der Waals surface area contributed by atoms with Crippen molar-refractivity contribution in [1.29, 1.82) is 0 Å². The summed E-state index contributed by atoms with van der Waals surface area (Å²) in [6.07, 6.45) is 8.27. The molecule has 2 aromatic carbocycles. The third-order valence-corrected chi connectivity index (χ3v) is 7.33. The predicted octanol–water partition coefficient (Wildman–Crippen LogP) is 4.05. The molecule has 2 aromatic heterocycles. The smallest absolute Gasteiger partial charge is 0.162 e. The Bertz CT molecular complexity index is 1350. The zero-order valence-electron chi connectivity index (χ0n) is 19.5. The zero-order chi connectivity index (χ0) is 23.1. The number of aromatic nitrogens is 3. The topological polar surface area (TPSA) is 63.0 Å². The first-order valence-electron chi connectivity index (χ1n) is 12.1. The number of nitrogens with zero attached hydrogens (tertiary/aromatic N) is 5. The molecule has 0 radical (unpaired) electrons. The number of rotatable bonds is 4. The van der Waals surface area contributed by atoms with E-state index >= 15 is 0 Å². The molecule has 174 valence electrons. The van der Waals surface area contributed by atoms with E-state index in [1.807, 2.05) is 41.2 Å². The maximum Gasteiger partial charge on any atom is 0.162 e. The monoisotopic (exact) mass is 455 g/mol. The van der Waals surface area contributed by atoms with Gasteiger partial charge < -0.3 is 9.64 Å². The van der Waals surface area contributed by atoms with Gasteiger partial charge in [-0.25, -0.2) is 9.50 Å². The lowest BCUT2D eigenvalue weighted by molar-refractivity contribution is 0.0115. The van der Waals surface area contributed by atoms with Gasteiger partial charge in [-0.15, -0.1) is 0 Å². The first-order valence-corrected chi connectivity index (χ1v) is 12.1. The Balaban J connectivity index is 1.27. The number of carbonyl (C=O) groups excluding carboxylic acids is 1. The minimum atomic E-state index is 0.0720. The van der Waals surface area contributed by atoms with E-state index in [0.717, 1.165) is 91.0 Å². The molecule has 2 saturated heterocycles. The van der Waals surface area contributed by atoms with Crippen LogP contribution in [0.25, 0.3) is 27.5 Å². The molecule has 7 nitrogen and oxygen atoms in total. The highest BCUT2D eigenvalue weighted by atomic mass is 16.5. The standard InChI is InChI=1S/C27H29N5O2/c1-19(33)22-4-2-6-24-23(22)5-3-7-25(24)26-17-29-32-18-21(16-28-27(26)32)30-10-8-20(9-11-30)31-12-14-34-15-13-31/h2-7,16-18,20H,8-15H2,1H3. The SMILES string of the molecule is CC(=O)c1cccc2c(-c3cnn4cc(N5CCC(N6CCOCC6)CC5)cnc34)cccc12. The fraction of sp³-hybridized carbons (Fsp3) is 0.370. The van der Waals surface area contributed by atoms with E-state index < -0.39 is 0 Å². The van der Waals surface area contributed by atoms with E-state index in [4.69, 9.17) is 9.72 Å². The van der Waals surface area contributed by atoms with Gasteiger partial charge >= 0.3 is 0 Å². The van der Waals surface area contributed by atoms with E-state index in [1.54, 1.807) is 6.92 Å². The molecular weight excluding hydrogens is 426 g/mol. The van der Waals surface area contributed by atoms with E-state index in [9.17, 15) is 4.79 Å². The van der Waals surface area contributed by atoms with Crippen LogP contribution in [0.15, 0.2) is 55.0 Å². The second-order valence-corrected chi connectivity index (χ2v) is 9.27. The number of morpholine rings is 1. The van der Waals surface area contributed by atoms with Crippen molar-refractivity contribution in [1.82, 2.24) is 19.5 Å². The van der Waals surface area contributed by atoms with Gasteiger partial charge in [0.1, 0.15) is 0 Å². The highest BCUT2D eigenvalue weighted by Crippen LogP contribution is 2.33. The molecule has 2 aliphatic rings. The van der Waals surface area contributed by atoms with E-state index in [0.29, 0.717) is 6.04 Å². The third kappa shape index (κ3) is 3.75. The molecule has 0 N–H and O–H groups in total. The summed E-state index contributed by atoms with van der Waals surface area (Å²) >= 11 is 0. The number of Topliss-reactive ketones (excluding diaryl/α,β-unsaturated/α-hetero) is 1. The minimum Gasteiger partial charge on any atom is -0.379 e. The summed E-state index contributed by atoms with van der Waals surface area (Å²) in [5.41, 5.74) is 4.70. The van der Waals surface area contributed by atoms with Gasteiger partial charge in [0, 0.05) is 43.3 Å². The molecule has 0 unspecified atom stereocenters. The van der Waals surface area contributed by atoms with Gasteiger partial charge in [0.15, 0.2) is 11.4 Å². The molecule has 6 rings (SSSR count). The predicted molar refractivity (Wildman–Crippen MR) is 134 cm³/mol. The fourth-order valence-corrected chi connectivity index (χ4v) is 5.50. The average Bonchev–Trinajstić information content (AvgIpc) is 3.31. The normalized spacial score (nSPS) is 18.1. The van der Waals surface area contributed by atoms with Gasteiger partial charge in [-0.1, -0.05) is 36.4 Å². The summed E-state index contributed by atoms with van der Waals surface area (Å²) < 4.78 is 7.39. The van der Waals surface area contributed by atoms with Crippen LogP contribution < -0.4 is 4.90 Å². The van der Waals surface area contributed by atoms with Gasteiger partial charge in [-0.05, 0) is 36.1 Å². The molecule has 7 heteroatoms. The molecule has 0 saturated carbocycles. The fourth-order valence-electron chi connectivity index (χ4n) is 5.50. The van der Waals surface area contributed by atoms with Crippen molar-refractivity contribution in [3.63, 3.8) is 0 Å². The van der Waals surface area contributed by atoms with Gasteiger partial charge in [-0.2, -0.15) is 5.10 Å². The van der Waals surface area contributed by atoms with Crippen LogP contribution in [0.3, 0.4) is 0 Å². The first-order chi connectivity index (χ1) is 16.7. The highest BCUT2D eigenvalue weighted by Gasteiger charge is 2.26. The van der Waals surface area contributed by atoms with Crippen LogP contribution in [0.1, 0.15) is 30.1 Å². The number of carbonyl (C=O) groups is 1. The Labute approximate surface area is 198 Å². The maximum atomic E-state index is 12.1. The molecular formula is C27H29N5O2. The van der Waals surface area contributed by atoms with Crippen molar-refractivity contribution in [2.24, 2.45) is 0 Å². The number of ketones is 1. The third-order valence-electron chi connectivity index (χ3n) is 7.33. The minimum absolute atomic E-state index is 0.0720. The molecule has 0 atom stereocenters. The lowest BCUT2D eigenvalue weighted by Crippen LogP contribution is -2.49. The number of benzene rings is 2. The van der Waals surface area contributed by atoms with Crippen LogP contribution in [0.5, 0.6) is 0 Å². The molecule has 0 bridgehead atoms. The van der Waals surface area contributed by atoms with E-state index in [-0.39, 0.29) is 5.78 Å². The van der Waals surface area contributed by atoms with Crippen LogP contribution >= 0.6 is 0 Å². The van der Waals surface area contributed by atoms with Crippen molar-refractivity contribution in [2.75, 3.05) is 44.3 Å². The van der Waals surface area contributed by atoms with Crippen LogP contribution in [0.2, 0.25) is 0 Å². The first kappa shape index (κ1) is 21.3. The number of hydrogen-bond donors (Lipinski definition) is 0. The molecule has 0 spiro atoms. The van der Waals surface area contributed by atoms with Crippen LogP contribution in [-0.2, 0) is 4.74 Å². The summed E-state index contributed by atoms with van der Waals surface area (Å²) in [5, 5.41) is 6.65. The molecule has 2 aliphatic heterocycles. The second kappa shape index (κ2) is 8.81. The van der Waals surface area contributed by atoms with Gasteiger partial charge in [0.25, 0.3) is 0 Å².